The number of nitrogens with one attached hydrogen (secondary N) is 1. The molecule has 0 aromatic carbocycles. The summed E-state index contributed by atoms with van der Waals surface area (Å²) in [6, 6.07) is 0.339. The van der Waals surface area contributed by atoms with Crippen LogP contribution in [0.25, 0.3) is 0 Å². The Kier molecular flexibility index (Phi) is 5.60. The molecule has 0 amide bonds. The van der Waals surface area contributed by atoms with Crippen LogP contribution in [-0.2, 0) is 0 Å². The van der Waals surface area contributed by atoms with Crippen molar-refractivity contribution < 1.29 is 0 Å². The van der Waals surface area contributed by atoms with E-state index >= 15 is 0 Å². The SMILES string of the molecule is CC(C)=CC(CSC1CCCC1)NN. The van der Waals surface area contributed by atoms with Gasteiger partial charge in [-0.2, -0.15) is 11.8 Å². The lowest BCUT2D eigenvalue weighted by Gasteiger charge is -2.15. The number of hydrogen-bond acceptors (Lipinski definition) is 3. The van der Waals surface area contributed by atoms with Crippen molar-refractivity contribution in [2.45, 2.75) is 50.8 Å². The van der Waals surface area contributed by atoms with E-state index in [1.807, 2.05) is 0 Å². The Bertz CT molecular complexity index is 182. The molecule has 3 heteroatoms. The molecule has 1 fully saturated rings. The van der Waals surface area contributed by atoms with E-state index < -0.39 is 0 Å². The lowest BCUT2D eigenvalue weighted by Crippen LogP contribution is -2.36. The molecule has 0 spiro atoms. The number of hydrazine groups is 1. The average molecular weight is 214 g/mol. The van der Waals surface area contributed by atoms with Crippen molar-refractivity contribution in [1.29, 1.82) is 0 Å². The maximum absolute atomic E-state index is 5.50. The summed E-state index contributed by atoms with van der Waals surface area (Å²) in [6.07, 6.45) is 7.84. The van der Waals surface area contributed by atoms with Crippen LogP contribution in [0.1, 0.15) is 39.5 Å². The molecule has 2 nitrogen and oxygen atoms in total. The van der Waals surface area contributed by atoms with E-state index in [1.54, 1.807) is 0 Å². The van der Waals surface area contributed by atoms with Gasteiger partial charge in [-0.3, -0.25) is 11.3 Å². The molecular weight excluding hydrogens is 192 g/mol. The van der Waals surface area contributed by atoms with Gasteiger partial charge < -0.3 is 0 Å². The minimum Gasteiger partial charge on any atom is -0.271 e. The normalized spacial score (nSPS) is 19.6. The third-order valence-electron chi connectivity index (χ3n) is 2.56. The fourth-order valence-electron chi connectivity index (χ4n) is 1.84. The first-order valence-corrected chi connectivity index (χ1v) is 6.50. The van der Waals surface area contributed by atoms with Gasteiger partial charge in [0.1, 0.15) is 0 Å². The van der Waals surface area contributed by atoms with Crippen molar-refractivity contribution in [1.82, 2.24) is 5.43 Å². The molecule has 0 radical (unpaired) electrons. The zero-order valence-electron chi connectivity index (χ0n) is 9.25. The highest BCUT2D eigenvalue weighted by atomic mass is 32.2. The summed E-state index contributed by atoms with van der Waals surface area (Å²) in [5, 5.41) is 0.886. The summed E-state index contributed by atoms with van der Waals surface area (Å²) in [5.74, 6) is 6.60. The summed E-state index contributed by atoms with van der Waals surface area (Å²) < 4.78 is 0. The summed E-state index contributed by atoms with van der Waals surface area (Å²) in [7, 11) is 0. The zero-order valence-corrected chi connectivity index (χ0v) is 10.1. The topological polar surface area (TPSA) is 38.0 Å². The molecule has 0 aromatic rings. The Labute approximate surface area is 91.7 Å². The molecule has 0 heterocycles. The highest BCUT2D eigenvalue weighted by Crippen LogP contribution is 2.29. The van der Waals surface area contributed by atoms with Crippen molar-refractivity contribution in [2.24, 2.45) is 5.84 Å². The highest BCUT2D eigenvalue weighted by Gasteiger charge is 2.16. The second kappa shape index (κ2) is 6.49. The summed E-state index contributed by atoms with van der Waals surface area (Å²) in [5.41, 5.74) is 4.19. The van der Waals surface area contributed by atoms with Crippen molar-refractivity contribution in [2.75, 3.05) is 5.75 Å². The number of thioether (sulfide) groups is 1. The average Bonchev–Trinajstić information content (AvgIpc) is 2.64. The predicted molar refractivity (Wildman–Crippen MR) is 65.3 cm³/mol. The first-order chi connectivity index (χ1) is 6.72. The number of allylic oxidation sites excluding steroid dienone is 1. The Morgan fingerprint density at radius 1 is 1.50 bits per heavy atom. The van der Waals surface area contributed by atoms with E-state index in [2.05, 4.69) is 37.1 Å². The second-order valence-corrected chi connectivity index (χ2v) is 5.59. The summed E-state index contributed by atoms with van der Waals surface area (Å²) >= 11 is 2.07. The van der Waals surface area contributed by atoms with Crippen molar-refractivity contribution in [3.63, 3.8) is 0 Å². The molecule has 0 bridgehead atoms. The molecule has 1 atom stereocenters. The molecule has 1 rings (SSSR count). The molecule has 0 aromatic heterocycles. The third kappa shape index (κ3) is 4.49. The van der Waals surface area contributed by atoms with Crippen molar-refractivity contribution >= 4 is 11.8 Å². The molecule has 1 unspecified atom stereocenters. The van der Waals surface area contributed by atoms with Crippen molar-refractivity contribution in [3.05, 3.63) is 11.6 Å². The molecular formula is C11H22N2S. The summed E-state index contributed by atoms with van der Waals surface area (Å²) in [4.78, 5) is 0. The first kappa shape index (κ1) is 12.1. The Hall–Kier alpha value is 0.01000. The van der Waals surface area contributed by atoms with Crippen molar-refractivity contribution in [3.8, 4) is 0 Å². The maximum atomic E-state index is 5.50. The van der Waals surface area contributed by atoms with Crippen LogP contribution in [-0.4, -0.2) is 17.0 Å². The number of hydrogen-bond donors (Lipinski definition) is 2. The fourth-order valence-corrected chi connectivity index (χ4v) is 3.18. The van der Waals surface area contributed by atoms with Crippen LogP contribution >= 0.6 is 11.8 Å². The molecule has 0 saturated heterocycles. The van der Waals surface area contributed by atoms with Crippen LogP contribution in [0, 0.1) is 0 Å². The third-order valence-corrected chi connectivity index (χ3v) is 4.06. The smallest absolute Gasteiger partial charge is 0.0483 e. The predicted octanol–water partition coefficient (Wildman–Crippen LogP) is 2.46. The maximum Gasteiger partial charge on any atom is 0.0483 e. The molecule has 82 valence electrons. The van der Waals surface area contributed by atoms with E-state index in [0.717, 1.165) is 11.0 Å². The quantitative estimate of drug-likeness (QED) is 0.419. The monoisotopic (exact) mass is 214 g/mol. The van der Waals surface area contributed by atoms with Gasteiger partial charge in [0.2, 0.25) is 0 Å². The van der Waals surface area contributed by atoms with E-state index in [4.69, 9.17) is 5.84 Å². The minimum atomic E-state index is 0.339. The van der Waals surface area contributed by atoms with Crippen LogP contribution < -0.4 is 11.3 Å². The fraction of sp³-hybridized carbons (Fsp3) is 0.818. The number of nitrogens with two attached hydrogens (primary N) is 1. The zero-order chi connectivity index (χ0) is 10.4. The van der Waals surface area contributed by atoms with Gasteiger partial charge in [-0.15, -0.1) is 0 Å². The van der Waals surface area contributed by atoms with Gasteiger partial charge in [-0.05, 0) is 26.7 Å². The summed E-state index contributed by atoms with van der Waals surface area (Å²) in [6.45, 7) is 4.23. The van der Waals surface area contributed by atoms with Gasteiger partial charge in [-0.1, -0.05) is 24.5 Å². The number of rotatable bonds is 5. The molecule has 0 aliphatic heterocycles. The van der Waals surface area contributed by atoms with E-state index in [1.165, 1.54) is 31.3 Å². The molecule has 1 aliphatic carbocycles. The largest absolute Gasteiger partial charge is 0.271 e. The van der Waals surface area contributed by atoms with E-state index in [9.17, 15) is 0 Å². The Morgan fingerprint density at radius 3 is 2.64 bits per heavy atom. The highest BCUT2D eigenvalue weighted by molar-refractivity contribution is 7.99. The molecule has 1 saturated carbocycles. The van der Waals surface area contributed by atoms with Gasteiger partial charge in [0.05, 0.1) is 0 Å². The van der Waals surface area contributed by atoms with E-state index in [-0.39, 0.29) is 0 Å². The van der Waals surface area contributed by atoms with Gasteiger partial charge >= 0.3 is 0 Å². The van der Waals surface area contributed by atoms with Crippen LogP contribution in [0.5, 0.6) is 0 Å². The van der Waals surface area contributed by atoms with Gasteiger partial charge in [0.25, 0.3) is 0 Å². The van der Waals surface area contributed by atoms with Gasteiger partial charge in [0, 0.05) is 17.0 Å². The Morgan fingerprint density at radius 2 is 2.14 bits per heavy atom. The molecule has 14 heavy (non-hydrogen) atoms. The molecule has 3 N–H and O–H groups in total. The van der Waals surface area contributed by atoms with Crippen LogP contribution in [0.3, 0.4) is 0 Å². The van der Waals surface area contributed by atoms with E-state index in [0.29, 0.717) is 6.04 Å². The lowest BCUT2D eigenvalue weighted by molar-refractivity contribution is 0.671. The van der Waals surface area contributed by atoms with Crippen LogP contribution in [0.15, 0.2) is 11.6 Å². The molecule has 1 aliphatic rings. The van der Waals surface area contributed by atoms with Gasteiger partial charge in [-0.25, -0.2) is 0 Å². The Balaban J connectivity index is 2.22. The lowest BCUT2D eigenvalue weighted by atomic mass is 10.2. The standard InChI is InChI=1S/C11H22N2S/c1-9(2)7-10(13-12)8-14-11-5-3-4-6-11/h7,10-11,13H,3-6,8,12H2,1-2H3. The first-order valence-electron chi connectivity index (χ1n) is 5.45. The minimum absolute atomic E-state index is 0.339. The van der Waals surface area contributed by atoms with Crippen LogP contribution in [0.2, 0.25) is 0 Å². The van der Waals surface area contributed by atoms with Gasteiger partial charge in [0.15, 0.2) is 0 Å². The van der Waals surface area contributed by atoms with Crippen LogP contribution in [0.4, 0.5) is 0 Å². The second-order valence-electron chi connectivity index (χ2n) is 4.26.